The second kappa shape index (κ2) is 34.1. The highest BCUT2D eigenvalue weighted by Gasteiger charge is 2.27. The molecule has 0 radical (unpaired) electrons. The molecule has 1 atom stereocenters. The Morgan fingerprint density at radius 2 is 0.837 bits per heavy atom. The predicted molar refractivity (Wildman–Crippen MR) is 188 cm³/mol. The molecule has 43 heavy (non-hydrogen) atoms. The minimum atomic E-state index is -0.986. The monoisotopic (exact) mass is 628 g/mol. The molecule has 1 N–H and O–H groups in total. The van der Waals surface area contributed by atoms with Gasteiger partial charge in [-0.15, -0.1) is 5.06 Å². The van der Waals surface area contributed by atoms with Crippen LogP contribution in [0, 0.1) is 0 Å². The Hall–Kier alpha value is -0.750. The van der Waals surface area contributed by atoms with Gasteiger partial charge in [0.25, 0.3) is 0 Å². The third-order valence-corrected chi connectivity index (χ3v) is 9.09. The van der Waals surface area contributed by atoms with Crippen LogP contribution >= 0.6 is 12.6 Å². The van der Waals surface area contributed by atoms with E-state index in [9.17, 15) is 14.7 Å². The van der Waals surface area contributed by atoms with Crippen molar-refractivity contribution in [3.63, 3.8) is 0 Å². The van der Waals surface area contributed by atoms with E-state index in [0.29, 0.717) is 13.0 Å². The Kier molecular flexibility index (Phi) is 33.5. The SMILES string of the molecule is CCCCCCCCCCCCCCCCCCN(OC(=O)CCCCCCCCCCCCCCC)[C@@H](CS)C(=O)O. The third-order valence-electron chi connectivity index (χ3n) is 8.74. The molecule has 5 nitrogen and oxygen atoms in total. The van der Waals surface area contributed by atoms with Gasteiger partial charge < -0.3 is 9.94 Å². The first-order valence-corrected chi connectivity index (χ1v) is 19.5. The molecule has 0 aromatic carbocycles. The van der Waals surface area contributed by atoms with Gasteiger partial charge in [0.2, 0.25) is 0 Å². The standard InChI is InChI=1S/C37H73NO4S/c1-3-5-7-9-11-13-15-17-18-19-21-23-25-27-29-31-33-38(35(34-43)37(40)41)42-36(39)32-30-28-26-24-22-20-16-14-12-10-8-6-4-2/h35,43H,3-34H2,1-2H3,(H,40,41)/t35-/m0/s1. The van der Waals surface area contributed by atoms with Crippen LogP contribution in [0.15, 0.2) is 0 Å². The summed E-state index contributed by atoms with van der Waals surface area (Å²) >= 11 is 4.22. The van der Waals surface area contributed by atoms with Crippen LogP contribution in [0.5, 0.6) is 0 Å². The van der Waals surface area contributed by atoms with Gasteiger partial charge >= 0.3 is 11.9 Å². The maximum Gasteiger partial charge on any atom is 0.325 e. The highest BCUT2D eigenvalue weighted by molar-refractivity contribution is 7.80. The number of nitrogens with zero attached hydrogens (tertiary/aromatic N) is 1. The van der Waals surface area contributed by atoms with Gasteiger partial charge in [0.1, 0.15) is 0 Å². The first-order valence-electron chi connectivity index (χ1n) is 18.9. The quantitative estimate of drug-likeness (QED) is 0.0416. The van der Waals surface area contributed by atoms with Crippen molar-refractivity contribution in [3.8, 4) is 0 Å². The van der Waals surface area contributed by atoms with E-state index in [1.807, 2.05) is 0 Å². The Morgan fingerprint density at radius 3 is 1.14 bits per heavy atom. The molecule has 0 aliphatic rings. The molecule has 0 aliphatic carbocycles. The average molecular weight is 628 g/mol. The van der Waals surface area contributed by atoms with Gasteiger partial charge in [0.15, 0.2) is 6.04 Å². The van der Waals surface area contributed by atoms with Crippen molar-refractivity contribution >= 4 is 24.6 Å². The van der Waals surface area contributed by atoms with Crippen LogP contribution in [0.3, 0.4) is 0 Å². The van der Waals surface area contributed by atoms with Crippen molar-refractivity contribution in [2.45, 2.75) is 213 Å². The Labute approximate surface area is 273 Å². The lowest BCUT2D eigenvalue weighted by atomic mass is 10.0. The number of carbonyl (C=O) groups excluding carboxylic acids is 1. The van der Waals surface area contributed by atoms with Gasteiger partial charge in [0, 0.05) is 18.7 Å². The summed E-state index contributed by atoms with van der Waals surface area (Å²) in [6.07, 6.45) is 37.5. The zero-order valence-electron chi connectivity index (χ0n) is 28.8. The van der Waals surface area contributed by atoms with Gasteiger partial charge in [-0.05, 0) is 12.8 Å². The zero-order chi connectivity index (χ0) is 31.6. The molecule has 0 bridgehead atoms. The molecule has 0 heterocycles. The minimum Gasteiger partial charge on any atom is -0.480 e. The van der Waals surface area contributed by atoms with Gasteiger partial charge in [-0.1, -0.05) is 187 Å². The van der Waals surface area contributed by atoms with Gasteiger partial charge in [0.05, 0.1) is 0 Å². The zero-order valence-corrected chi connectivity index (χ0v) is 29.7. The Balaban J connectivity index is 3.86. The molecule has 0 unspecified atom stereocenters. The second-order valence-corrected chi connectivity index (χ2v) is 13.3. The topological polar surface area (TPSA) is 66.8 Å². The number of hydrogen-bond acceptors (Lipinski definition) is 5. The Morgan fingerprint density at radius 1 is 0.535 bits per heavy atom. The summed E-state index contributed by atoms with van der Waals surface area (Å²) in [5.74, 6) is -1.17. The van der Waals surface area contributed by atoms with Crippen molar-refractivity contribution in [2.75, 3.05) is 12.3 Å². The Bertz CT molecular complexity index is 603. The second-order valence-electron chi connectivity index (χ2n) is 12.9. The van der Waals surface area contributed by atoms with Gasteiger partial charge in [-0.2, -0.15) is 12.6 Å². The predicted octanol–water partition coefficient (Wildman–Crippen LogP) is 11.9. The summed E-state index contributed by atoms with van der Waals surface area (Å²) in [5.41, 5.74) is 0. The summed E-state index contributed by atoms with van der Waals surface area (Å²) in [6, 6.07) is -0.893. The third kappa shape index (κ3) is 29.7. The molecule has 0 rings (SSSR count). The van der Waals surface area contributed by atoms with E-state index in [1.54, 1.807) is 0 Å². The molecule has 0 saturated heterocycles. The van der Waals surface area contributed by atoms with Crippen molar-refractivity contribution < 1.29 is 19.5 Å². The van der Waals surface area contributed by atoms with Crippen LogP contribution in [0.2, 0.25) is 0 Å². The van der Waals surface area contributed by atoms with Crippen LogP contribution < -0.4 is 0 Å². The smallest absolute Gasteiger partial charge is 0.325 e. The maximum absolute atomic E-state index is 12.5. The molecule has 256 valence electrons. The fraction of sp³-hybridized carbons (Fsp3) is 0.946. The number of hydrogen-bond donors (Lipinski definition) is 2. The summed E-state index contributed by atoms with van der Waals surface area (Å²) in [6.45, 7) is 5.00. The number of carbonyl (C=O) groups is 2. The first-order chi connectivity index (χ1) is 21.1. The maximum atomic E-state index is 12.5. The van der Waals surface area contributed by atoms with Crippen LogP contribution in [0.1, 0.15) is 206 Å². The normalized spacial score (nSPS) is 12.2. The van der Waals surface area contributed by atoms with Gasteiger partial charge in [-0.3, -0.25) is 9.59 Å². The van der Waals surface area contributed by atoms with Crippen LogP contribution in [-0.2, 0) is 14.4 Å². The summed E-state index contributed by atoms with van der Waals surface area (Å²) in [7, 11) is 0. The highest BCUT2D eigenvalue weighted by atomic mass is 32.1. The molecule has 0 saturated carbocycles. The fourth-order valence-corrected chi connectivity index (χ4v) is 6.18. The van der Waals surface area contributed by atoms with Crippen LogP contribution in [0.25, 0.3) is 0 Å². The number of carboxylic acids is 1. The molecule has 0 amide bonds. The molecule has 0 spiro atoms. The van der Waals surface area contributed by atoms with E-state index in [2.05, 4.69) is 26.5 Å². The average Bonchev–Trinajstić information content (AvgIpc) is 2.99. The lowest BCUT2D eigenvalue weighted by Crippen LogP contribution is -2.44. The molecule has 0 aromatic heterocycles. The molecular formula is C37H73NO4S. The van der Waals surface area contributed by atoms with Crippen LogP contribution in [0.4, 0.5) is 0 Å². The van der Waals surface area contributed by atoms with E-state index in [-0.39, 0.29) is 11.7 Å². The molecule has 0 fully saturated rings. The van der Waals surface area contributed by atoms with E-state index in [1.165, 1.54) is 153 Å². The van der Waals surface area contributed by atoms with E-state index in [0.717, 1.165) is 38.5 Å². The van der Waals surface area contributed by atoms with Crippen LogP contribution in [-0.4, -0.2) is 40.4 Å². The first kappa shape index (κ1) is 42.2. The van der Waals surface area contributed by atoms with Crippen molar-refractivity contribution in [1.82, 2.24) is 5.06 Å². The lowest BCUT2D eigenvalue weighted by molar-refractivity contribution is -0.205. The highest BCUT2D eigenvalue weighted by Crippen LogP contribution is 2.16. The van der Waals surface area contributed by atoms with Crippen molar-refractivity contribution in [2.24, 2.45) is 0 Å². The largest absolute Gasteiger partial charge is 0.480 e. The lowest BCUT2D eigenvalue weighted by Gasteiger charge is -2.26. The molecule has 6 heteroatoms. The minimum absolute atomic E-state index is 0.125. The van der Waals surface area contributed by atoms with E-state index in [4.69, 9.17) is 4.84 Å². The van der Waals surface area contributed by atoms with E-state index < -0.39 is 12.0 Å². The fourth-order valence-electron chi connectivity index (χ4n) is 5.84. The number of thiol groups is 1. The number of carboxylic acid groups (broad SMARTS) is 1. The molecular weight excluding hydrogens is 554 g/mol. The van der Waals surface area contributed by atoms with E-state index >= 15 is 0 Å². The molecule has 0 aromatic rings. The summed E-state index contributed by atoms with van der Waals surface area (Å²) in [5, 5.41) is 11.0. The molecule has 0 aliphatic heterocycles. The number of aliphatic carboxylic acids is 1. The van der Waals surface area contributed by atoms with Gasteiger partial charge in [-0.25, -0.2) is 0 Å². The summed E-state index contributed by atoms with van der Waals surface area (Å²) < 4.78 is 0. The van der Waals surface area contributed by atoms with Crippen molar-refractivity contribution in [3.05, 3.63) is 0 Å². The number of rotatable bonds is 35. The number of unbranched alkanes of at least 4 members (excludes halogenated alkanes) is 27. The number of hydroxylamine groups is 2. The van der Waals surface area contributed by atoms with Crippen molar-refractivity contribution in [1.29, 1.82) is 0 Å². The summed E-state index contributed by atoms with van der Waals surface area (Å²) in [4.78, 5) is 29.8.